The summed E-state index contributed by atoms with van der Waals surface area (Å²) < 4.78 is 7.88. The third-order valence-electron chi connectivity index (χ3n) is 5.92. The van der Waals surface area contributed by atoms with Crippen LogP contribution in [-0.2, 0) is 16.2 Å². The van der Waals surface area contributed by atoms with Gasteiger partial charge in [-0.3, -0.25) is 19.4 Å². The van der Waals surface area contributed by atoms with Gasteiger partial charge < -0.3 is 9.30 Å². The van der Waals surface area contributed by atoms with Crippen molar-refractivity contribution in [2.24, 2.45) is 0 Å². The van der Waals surface area contributed by atoms with Gasteiger partial charge in [0.2, 0.25) is 0 Å². The zero-order valence-corrected chi connectivity index (χ0v) is 21.1. The van der Waals surface area contributed by atoms with Crippen molar-refractivity contribution in [3.05, 3.63) is 86.7 Å². The Hall–Kier alpha value is -3.55. The topological polar surface area (TPSA) is 71.9 Å². The number of carbonyl (C=O) groups excluding carboxylic acids is 3. The molecule has 1 saturated heterocycles. The summed E-state index contributed by atoms with van der Waals surface area (Å²) in [6.45, 7) is 4.15. The highest BCUT2D eigenvalue weighted by atomic mass is 35.5. The molecular weight excluding hydrogens is 489 g/mol. The second-order valence-corrected chi connectivity index (χ2v) is 9.09. The summed E-state index contributed by atoms with van der Waals surface area (Å²) in [6, 6.07) is 14.1. The van der Waals surface area contributed by atoms with E-state index in [2.05, 4.69) is 0 Å². The highest BCUT2D eigenvalue weighted by Crippen LogP contribution is 2.27. The van der Waals surface area contributed by atoms with Gasteiger partial charge in [-0.25, -0.2) is 4.79 Å². The highest BCUT2D eigenvalue weighted by Gasteiger charge is 2.38. The standard InChI is InChI=1S/C26H23Cl2N3O4/c1-15-11-18(12-22-24(32)29(3)26(34)30(4)25(22)33)16(2)31(15)20-7-9-21(10-8-20)35-14-17-5-6-19(27)13-23(17)28/h5-13H,14H2,1-4H3. The third-order valence-corrected chi connectivity index (χ3v) is 6.51. The molecule has 0 aliphatic carbocycles. The van der Waals surface area contributed by atoms with E-state index in [1.165, 1.54) is 20.2 Å². The Kier molecular flexibility index (Phi) is 6.74. The molecule has 2 heterocycles. The molecule has 1 aromatic heterocycles. The van der Waals surface area contributed by atoms with Gasteiger partial charge >= 0.3 is 6.03 Å². The number of nitrogens with zero attached hydrogens (tertiary/aromatic N) is 3. The van der Waals surface area contributed by atoms with Gasteiger partial charge in [0.05, 0.1) is 0 Å². The lowest BCUT2D eigenvalue weighted by atomic mass is 10.1. The summed E-state index contributed by atoms with van der Waals surface area (Å²) in [5.41, 5.74) is 4.16. The fourth-order valence-corrected chi connectivity index (χ4v) is 4.42. The van der Waals surface area contributed by atoms with Crippen LogP contribution < -0.4 is 4.74 Å². The van der Waals surface area contributed by atoms with Gasteiger partial charge in [0.1, 0.15) is 17.9 Å². The van der Waals surface area contributed by atoms with Crippen LogP contribution in [0.3, 0.4) is 0 Å². The molecule has 7 nitrogen and oxygen atoms in total. The number of hydrogen-bond donors (Lipinski definition) is 0. The zero-order chi connectivity index (χ0) is 25.4. The molecule has 35 heavy (non-hydrogen) atoms. The number of likely N-dealkylation sites (N-methyl/N-ethyl adjacent to an activating group) is 2. The molecular formula is C26H23Cl2N3O4. The van der Waals surface area contributed by atoms with Crippen molar-refractivity contribution in [3.63, 3.8) is 0 Å². The quantitative estimate of drug-likeness (QED) is 0.339. The van der Waals surface area contributed by atoms with Gasteiger partial charge in [-0.05, 0) is 68.0 Å². The second-order valence-electron chi connectivity index (χ2n) is 8.25. The lowest BCUT2D eigenvalue weighted by Gasteiger charge is -2.28. The van der Waals surface area contributed by atoms with E-state index in [1.54, 1.807) is 12.1 Å². The molecule has 0 saturated carbocycles. The fraction of sp³-hybridized carbons (Fsp3) is 0.192. The molecule has 0 N–H and O–H groups in total. The Balaban J connectivity index is 1.57. The average Bonchev–Trinajstić information content (AvgIpc) is 3.11. The molecule has 0 radical (unpaired) electrons. The molecule has 0 bridgehead atoms. The van der Waals surface area contributed by atoms with Crippen molar-refractivity contribution >= 4 is 47.1 Å². The van der Waals surface area contributed by atoms with Crippen LogP contribution in [0.5, 0.6) is 5.75 Å². The predicted molar refractivity (Wildman–Crippen MR) is 135 cm³/mol. The number of amides is 4. The first-order chi connectivity index (χ1) is 16.6. The molecule has 1 aliphatic heterocycles. The number of halogens is 2. The predicted octanol–water partition coefficient (Wildman–Crippen LogP) is 5.41. The minimum atomic E-state index is -0.650. The van der Waals surface area contributed by atoms with Crippen molar-refractivity contribution in [1.82, 2.24) is 14.4 Å². The lowest BCUT2D eigenvalue weighted by Crippen LogP contribution is -2.52. The number of aryl methyl sites for hydroxylation is 1. The average molecular weight is 512 g/mol. The molecule has 4 amide bonds. The number of carbonyl (C=O) groups is 3. The normalized spacial score (nSPS) is 14.1. The largest absolute Gasteiger partial charge is 0.489 e. The summed E-state index contributed by atoms with van der Waals surface area (Å²) in [7, 11) is 2.71. The minimum Gasteiger partial charge on any atom is -0.489 e. The molecule has 0 atom stereocenters. The maximum absolute atomic E-state index is 12.6. The summed E-state index contributed by atoms with van der Waals surface area (Å²) in [5.74, 6) is -0.561. The lowest BCUT2D eigenvalue weighted by molar-refractivity contribution is -0.134. The minimum absolute atomic E-state index is 0.0561. The number of hydrogen-bond acceptors (Lipinski definition) is 4. The van der Waals surface area contributed by atoms with E-state index in [1.807, 2.05) is 54.8 Å². The zero-order valence-electron chi connectivity index (χ0n) is 19.6. The third kappa shape index (κ3) is 4.70. The van der Waals surface area contributed by atoms with Crippen molar-refractivity contribution < 1.29 is 19.1 Å². The van der Waals surface area contributed by atoms with Gasteiger partial charge in [0, 0.05) is 46.8 Å². The highest BCUT2D eigenvalue weighted by molar-refractivity contribution is 6.35. The maximum Gasteiger partial charge on any atom is 0.333 e. The Morgan fingerprint density at radius 3 is 2.11 bits per heavy atom. The van der Waals surface area contributed by atoms with E-state index in [-0.39, 0.29) is 5.57 Å². The Bertz CT molecular complexity index is 1350. The van der Waals surface area contributed by atoms with Crippen LogP contribution in [0.15, 0.2) is 54.1 Å². The smallest absolute Gasteiger partial charge is 0.333 e. The van der Waals surface area contributed by atoms with E-state index in [9.17, 15) is 14.4 Å². The SMILES string of the molecule is Cc1cc(C=C2C(=O)N(C)C(=O)N(C)C2=O)c(C)n1-c1ccc(OCc2ccc(Cl)cc2Cl)cc1. The van der Waals surface area contributed by atoms with Crippen LogP contribution in [-0.4, -0.2) is 46.3 Å². The second kappa shape index (κ2) is 9.60. The Labute approximate surface area is 213 Å². The van der Waals surface area contributed by atoms with E-state index in [4.69, 9.17) is 27.9 Å². The number of benzene rings is 2. The van der Waals surface area contributed by atoms with E-state index in [0.717, 1.165) is 32.4 Å². The maximum atomic E-state index is 12.6. The monoisotopic (exact) mass is 511 g/mol. The van der Waals surface area contributed by atoms with Gasteiger partial charge in [0.15, 0.2) is 0 Å². The fourth-order valence-electron chi connectivity index (χ4n) is 3.95. The number of barbiturate groups is 1. The summed E-state index contributed by atoms with van der Waals surface area (Å²) in [6.07, 6.45) is 1.54. The van der Waals surface area contributed by atoms with Gasteiger partial charge in [0.25, 0.3) is 11.8 Å². The number of rotatable bonds is 5. The van der Waals surface area contributed by atoms with Gasteiger partial charge in [-0.2, -0.15) is 0 Å². The molecule has 180 valence electrons. The van der Waals surface area contributed by atoms with E-state index in [0.29, 0.717) is 28.0 Å². The van der Waals surface area contributed by atoms with Crippen LogP contribution in [0.4, 0.5) is 4.79 Å². The first-order valence-electron chi connectivity index (χ1n) is 10.8. The first kappa shape index (κ1) is 24.6. The Morgan fingerprint density at radius 1 is 0.886 bits per heavy atom. The van der Waals surface area contributed by atoms with Gasteiger partial charge in [-0.15, -0.1) is 0 Å². The summed E-state index contributed by atoms with van der Waals surface area (Å²) in [4.78, 5) is 39.0. The van der Waals surface area contributed by atoms with Crippen LogP contribution >= 0.6 is 23.2 Å². The van der Waals surface area contributed by atoms with Crippen molar-refractivity contribution in [2.75, 3.05) is 14.1 Å². The van der Waals surface area contributed by atoms with Crippen LogP contribution in [0.2, 0.25) is 10.0 Å². The Morgan fingerprint density at radius 2 is 1.51 bits per heavy atom. The first-order valence-corrected chi connectivity index (χ1v) is 11.5. The van der Waals surface area contributed by atoms with Crippen molar-refractivity contribution in [2.45, 2.75) is 20.5 Å². The molecule has 1 aliphatic rings. The number of aromatic nitrogens is 1. The van der Waals surface area contributed by atoms with Crippen LogP contribution in [0, 0.1) is 13.8 Å². The number of imide groups is 2. The molecule has 4 rings (SSSR count). The molecule has 3 aromatic rings. The van der Waals surface area contributed by atoms with Crippen LogP contribution in [0.1, 0.15) is 22.5 Å². The van der Waals surface area contributed by atoms with Crippen molar-refractivity contribution in [1.29, 1.82) is 0 Å². The molecule has 9 heteroatoms. The molecule has 2 aromatic carbocycles. The van der Waals surface area contributed by atoms with E-state index < -0.39 is 17.8 Å². The number of ether oxygens (including phenoxy) is 1. The molecule has 1 fully saturated rings. The number of urea groups is 1. The van der Waals surface area contributed by atoms with E-state index >= 15 is 0 Å². The van der Waals surface area contributed by atoms with Crippen molar-refractivity contribution in [3.8, 4) is 11.4 Å². The molecule has 0 spiro atoms. The van der Waals surface area contributed by atoms with Gasteiger partial charge in [-0.1, -0.05) is 29.3 Å². The summed E-state index contributed by atoms with van der Waals surface area (Å²) in [5, 5.41) is 1.12. The molecule has 0 unspecified atom stereocenters. The summed E-state index contributed by atoms with van der Waals surface area (Å²) >= 11 is 12.2. The van der Waals surface area contributed by atoms with Crippen LogP contribution in [0.25, 0.3) is 11.8 Å².